The second-order valence-corrected chi connectivity index (χ2v) is 5.87. The Bertz CT molecular complexity index is 668. The number of hydrogen-bond acceptors (Lipinski definition) is 2. The van der Waals surface area contributed by atoms with Gasteiger partial charge in [-0.25, -0.2) is 4.79 Å². The maximum atomic E-state index is 11.8. The number of carbonyl (C=O) groups excluding carboxylic acids is 1. The number of urea groups is 1. The first kappa shape index (κ1) is 14.9. The number of fused-ring (bicyclic) bond motifs is 1. The molecule has 1 aromatic carbocycles. The highest BCUT2D eigenvalue weighted by Gasteiger charge is 2.14. The molecule has 0 spiro atoms. The Labute approximate surface area is 134 Å². The molecule has 2 aromatic rings. The monoisotopic (exact) mass is 318 g/mol. The lowest BCUT2D eigenvalue weighted by atomic mass is 9.98. The van der Waals surface area contributed by atoms with Crippen molar-refractivity contribution < 1.29 is 4.79 Å². The highest BCUT2D eigenvalue weighted by molar-refractivity contribution is 6.30. The molecule has 0 saturated heterocycles. The molecule has 0 unspecified atom stereocenters. The maximum Gasteiger partial charge on any atom is 0.319 e. The van der Waals surface area contributed by atoms with Crippen molar-refractivity contribution in [3.05, 3.63) is 46.7 Å². The molecule has 1 aliphatic carbocycles. The number of hydrogen-bond donors (Lipinski definition) is 2. The molecule has 3 rings (SSSR count). The standard InChI is InChI=1S/C16H19ClN4O/c17-13-5-3-6-14(10-13)20-16(22)18-8-9-21-15-7-2-1-4-12(15)11-19-21/h3,5-6,10-11H,1-2,4,7-9H2,(H2,18,20,22). The number of anilines is 1. The molecule has 116 valence electrons. The number of aryl methyl sites for hydroxylation is 1. The lowest BCUT2D eigenvalue weighted by Crippen LogP contribution is -2.32. The van der Waals surface area contributed by atoms with E-state index in [-0.39, 0.29) is 6.03 Å². The Hall–Kier alpha value is -2.01. The van der Waals surface area contributed by atoms with Crippen molar-refractivity contribution >= 4 is 23.3 Å². The molecule has 2 N–H and O–H groups in total. The van der Waals surface area contributed by atoms with E-state index < -0.39 is 0 Å². The van der Waals surface area contributed by atoms with Crippen LogP contribution in [0.5, 0.6) is 0 Å². The number of halogens is 1. The second-order valence-electron chi connectivity index (χ2n) is 5.44. The van der Waals surface area contributed by atoms with Crippen molar-refractivity contribution in [1.82, 2.24) is 15.1 Å². The minimum Gasteiger partial charge on any atom is -0.336 e. The highest BCUT2D eigenvalue weighted by atomic mass is 35.5. The molecule has 0 saturated carbocycles. The van der Waals surface area contributed by atoms with Gasteiger partial charge in [-0.05, 0) is 49.4 Å². The molecule has 1 aromatic heterocycles. The van der Waals surface area contributed by atoms with Crippen molar-refractivity contribution in [3.8, 4) is 0 Å². The minimum absolute atomic E-state index is 0.233. The quantitative estimate of drug-likeness (QED) is 0.909. The SMILES string of the molecule is O=C(NCCn1ncc2c1CCCC2)Nc1cccc(Cl)c1. The van der Waals surface area contributed by atoms with Crippen LogP contribution in [0.25, 0.3) is 0 Å². The molecule has 2 amide bonds. The van der Waals surface area contributed by atoms with Gasteiger partial charge in [0.25, 0.3) is 0 Å². The fourth-order valence-electron chi connectivity index (χ4n) is 2.77. The van der Waals surface area contributed by atoms with Crippen LogP contribution in [0, 0.1) is 0 Å². The van der Waals surface area contributed by atoms with Crippen molar-refractivity contribution in [1.29, 1.82) is 0 Å². The predicted octanol–water partition coefficient (Wildman–Crippen LogP) is 3.24. The van der Waals surface area contributed by atoms with Gasteiger partial charge in [0.1, 0.15) is 0 Å². The van der Waals surface area contributed by atoms with Crippen LogP contribution >= 0.6 is 11.6 Å². The average Bonchev–Trinajstić information content (AvgIpc) is 2.91. The summed E-state index contributed by atoms with van der Waals surface area (Å²) in [5.74, 6) is 0. The van der Waals surface area contributed by atoms with E-state index in [9.17, 15) is 4.79 Å². The first-order chi connectivity index (χ1) is 10.7. The molecular formula is C16H19ClN4O. The number of nitrogens with one attached hydrogen (secondary N) is 2. The van der Waals surface area contributed by atoms with Crippen molar-refractivity contribution in [3.63, 3.8) is 0 Å². The fraction of sp³-hybridized carbons (Fsp3) is 0.375. The number of aromatic nitrogens is 2. The third-order valence-corrected chi connectivity index (χ3v) is 4.07. The summed E-state index contributed by atoms with van der Waals surface area (Å²) in [5, 5.41) is 10.6. The van der Waals surface area contributed by atoms with Gasteiger partial charge in [0.2, 0.25) is 0 Å². The Kier molecular flexibility index (Phi) is 4.63. The molecule has 0 aliphatic heterocycles. The van der Waals surface area contributed by atoms with E-state index in [1.807, 2.05) is 10.9 Å². The van der Waals surface area contributed by atoms with Crippen molar-refractivity contribution in [2.24, 2.45) is 0 Å². The van der Waals surface area contributed by atoms with Crippen LogP contribution in [-0.4, -0.2) is 22.4 Å². The normalized spacial score (nSPS) is 13.5. The van der Waals surface area contributed by atoms with Gasteiger partial charge in [-0.1, -0.05) is 17.7 Å². The summed E-state index contributed by atoms with van der Waals surface area (Å²) in [6.07, 6.45) is 6.64. The third kappa shape index (κ3) is 3.60. The zero-order chi connectivity index (χ0) is 15.4. The number of nitrogens with zero attached hydrogens (tertiary/aromatic N) is 2. The van der Waals surface area contributed by atoms with Gasteiger partial charge in [0, 0.05) is 22.9 Å². The lowest BCUT2D eigenvalue weighted by molar-refractivity contribution is 0.251. The van der Waals surface area contributed by atoms with Gasteiger partial charge in [-0.15, -0.1) is 0 Å². The topological polar surface area (TPSA) is 59.0 Å². The second kappa shape index (κ2) is 6.83. The first-order valence-electron chi connectivity index (χ1n) is 7.56. The number of benzene rings is 1. The van der Waals surface area contributed by atoms with Crippen LogP contribution in [0.1, 0.15) is 24.1 Å². The summed E-state index contributed by atoms with van der Waals surface area (Å²) < 4.78 is 2.01. The van der Waals surface area contributed by atoms with Crippen molar-refractivity contribution in [2.45, 2.75) is 32.2 Å². The molecule has 0 radical (unpaired) electrons. The van der Waals surface area contributed by atoms with Gasteiger partial charge in [-0.3, -0.25) is 4.68 Å². The molecule has 1 aliphatic rings. The average molecular weight is 319 g/mol. The summed E-state index contributed by atoms with van der Waals surface area (Å²) in [6, 6.07) is 6.85. The van der Waals surface area contributed by atoms with E-state index >= 15 is 0 Å². The fourth-order valence-corrected chi connectivity index (χ4v) is 2.96. The summed E-state index contributed by atoms with van der Waals surface area (Å²) in [4.78, 5) is 11.8. The summed E-state index contributed by atoms with van der Waals surface area (Å²) in [7, 11) is 0. The highest BCUT2D eigenvalue weighted by Crippen LogP contribution is 2.20. The Balaban J connectivity index is 1.48. The van der Waals surface area contributed by atoms with Gasteiger partial charge in [0.05, 0.1) is 12.7 Å². The van der Waals surface area contributed by atoms with Crippen LogP contribution in [0.3, 0.4) is 0 Å². The number of carbonyl (C=O) groups is 1. The lowest BCUT2D eigenvalue weighted by Gasteiger charge is -2.14. The molecule has 5 nitrogen and oxygen atoms in total. The third-order valence-electron chi connectivity index (χ3n) is 3.84. The minimum atomic E-state index is -0.233. The van der Waals surface area contributed by atoms with E-state index in [0.717, 1.165) is 12.8 Å². The summed E-state index contributed by atoms with van der Waals surface area (Å²) in [5.41, 5.74) is 3.36. The van der Waals surface area contributed by atoms with E-state index in [1.165, 1.54) is 24.1 Å². The van der Waals surface area contributed by atoms with Crippen LogP contribution < -0.4 is 10.6 Å². The van der Waals surface area contributed by atoms with E-state index in [2.05, 4.69) is 15.7 Å². The summed E-state index contributed by atoms with van der Waals surface area (Å²) >= 11 is 5.88. The van der Waals surface area contributed by atoms with Crippen LogP contribution in [0.15, 0.2) is 30.5 Å². The van der Waals surface area contributed by atoms with Crippen LogP contribution in [0.4, 0.5) is 10.5 Å². The predicted molar refractivity (Wildman–Crippen MR) is 87.3 cm³/mol. The zero-order valence-corrected chi connectivity index (χ0v) is 13.1. The molecule has 0 atom stereocenters. The maximum absolute atomic E-state index is 11.8. The van der Waals surface area contributed by atoms with E-state index in [1.54, 1.807) is 24.3 Å². The van der Waals surface area contributed by atoms with E-state index in [4.69, 9.17) is 11.6 Å². The molecule has 0 fully saturated rings. The van der Waals surface area contributed by atoms with Gasteiger partial charge in [-0.2, -0.15) is 5.10 Å². The summed E-state index contributed by atoms with van der Waals surface area (Å²) in [6.45, 7) is 1.23. The van der Waals surface area contributed by atoms with Crippen LogP contribution in [0.2, 0.25) is 5.02 Å². The number of amides is 2. The number of rotatable bonds is 4. The van der Waals surface area contributed by atoms with Crippen LogP contribution in [-0.2, 0) is 19.4 Å². The first-order valence-corrected chi connectivity index (χ1v) is 7.94. The molecule has 6 heteroatoms. The largest absolute Gasteiger partial charge is 0.336 e. The molecule has 1 heterocycles. The Morgan fingerprint density at radius 3 is 3.05 bits per heavy atom. The Morgan fingerprint density at radius 1 is 1.32 bits per heavy atom. The van der Waals surface area contributed by atoms with Gasteiger partial charge in [0.15, 0.2) is 0 Å². The zero-order valence-electron chi connectivity index (χ0n) is 12.3. The Morgan fingerprint density at radius 2 is 2.18 bits per heavy atom. The molecule has 22 heavy (non-hydrogen) atoms. The van der Waals surface area contributed by atoms with Gasteiger partial charge >= 0.3 is 6.03 Å². The van der Waals surface area contributed by atoms with Crippen molar-refractivity contribution in [2.75, 3.05) is 11.9 Å². The molecule has 0 bridgehead atoms. The smallest absolute Gasteiger partial charge is 0.319 e. The van der Waals surface area contributed by atoms with Gasteiger partial charge < -0.3 is 10.6 Å². The molecular weight excluding hydrogens is 300 g/mol. The van der Waals surface area contributed by atoms with E-state index in [0.29, 0.717) is 23.8 Å².